The van der Waals surface area contributed by atoms with Crippen LogP contribution in [0.2, 0.25) is 10.0 Å². The number of piperazine rings is 1. The molecule has 3 aliphatic rings. The molecule has 2 bridgehead atoms. The van der Waals surface area contributed by atoms with Crippen molar-refractivity contribution in [2.45, 2.75) is 12.8 Å². The van der Waals surface area contributed by atoms with Crippen LogP contribution in [0, 0.1) is 17.8 Å². The van der Waals surface area contributed by atoms with Gasteiger partial charge in [0.1, 0.15) is 0 Å². The summed E-state index contributed by atoms with van der Waals surface area (Å²) < 4.78 is 0. The quantitative estimate of drug-likeness (QED) is 0.783. The van der Waals surface area contributed by atoms with Crippen molar-refractivity contribution in [3.05, 3.63) is 34.6 Å². The van der Waals surface area contributed by atoms with Gasteiger partial charge in [-0.15, -0.1) is 0 Å². The SMILES string of the molecule is Clc1cncc(Cl)c1N1CCN(CC2CC3C=CC2C3)CC1. The highest BCUT2D eigenvalue weighted by Crippen LogP contribution is 2.43. The number of hydrogen-bond acceptors (Lipinski definition) is 3. The van der Waals surface area contributed by atoms with Crippen LogP contribution in [-0.2, 0) is 0 Å². The molecule has 3 atom stereocenters. The van der Waals surface area contributed by atoms with Crippen LogP contribution < -0.4 is 4.90 Å². The summed E-state index contributed by atoms with van der Waals surface area (Å²) in [5, 5.41) is 1.30. The van der Waals surface area contributed by atoms with E-state index in [0.717, 1.165) is 49.6 Å². The average molecular weight is 338 g/mol. The van der Waals surface area contributed by atoms with Gasteiger partial charge in [0.15, 0.2) is 0 Å². The first kappa shape index (κ1) is 14.8. The predicted molar refractivity (Wildman–Crippen MR) is 91.8 cm³/mol. The highest BCUT2D eigenvalue weighted by atomic mass is 35.5. The van der Waals surface area contributed by atoms with E-state index in [1.807, 2.05) is 0 Å². The van der Waals surface area contributed by atoms with Crippen molar-refractivity contribution in [3.63, 3.8) is 0 Å². The third kappa shape index (κ3) is 2.75. The lowest BCUT2D eigenvalue weighted by Crippen LogP contribution is -2.48. The van der Waals surface area contributed by atoms with Crippen LogP contribution in [0.1, 0.15) is 12.8 Å². The minimum Gasteiger partial charge on any atom is -0.366 e. The maximum atomic E-state index is 6.27. The van der Waals surface area contributed by atoms with Crippen molar-refractivity contribution >= 4 is 28.9 Å². The van der Waals surface area contributed by atoms with Gasteiger partial charge < -0.3 is 4.90 Å². The van der Waals surface area contributed by atoms with Crippen LogP contribution in [0.3, 0.4) is 0 Å². The number of rotatable bonds is 3. The second kappa shape index (κ2) is 6.03. The number of aromatic nitrogens is 1. The van der Waals surface area contributed by atoms with Gasteiger partial charge in [0.05, 0.1) is 15.7 Å². The van der Waals surface area contributed by atoms with Gasteiger partial charge in [0, 0.05) is 45.1 Å². The fourth-order valence-electron chi connectivity index (χ4n) is 4.30. The standard InChI is InChI=1S/C17H21Cl2N3/c18-15-9-20-10-16(19)17(15)22-5-3-21(4-6-22)11-14-8-12-1-2-13(14)7-12/h1-2,9-10,12-14H,3-8,11H2. The first-order valence-electron chi connectivity index (χ1n) is 8.15. The van der Waals surface area contributed by atoms with Gasteiger partial charge in [-0.25, -0.2) is 0 Å². The van der Waals surface area contributed by atoms with E-state index in [4.69, 9.17) is 23.2 Å². The van der Waals surface area contributed by atoms with E-state index in [1.54, 1.807) is 12.4 Å². The molecule has 118 valence electrons. The van der Waals surface area contributed by atoms with Gasteiger partial charge in [-0.05, 0) is 30.6 Å². The van der Waals surface area contributed by atoms with E-state index < -0.39 is 0 Å². The monoisotopic (exact) mass is 337 g/mol. The zero-order valence-corrected chi connectivity index (χ0v) is 14.1. The molecule has 3 unspecified atom stereocenters. The third-order valence-electron chi connectivity index (χ3n) is 5.43. The molecule has 2 heterocycles. The summed E-state index contributed by atoms with van der Waals surface area (Å²) in [6, 6.07) is 0. The second-order valence-electron chi connectivity index (χ2n) is 6.78. The zero-order chi connectivity index (χ0) is 15.1. The first-order chi connectivity index (χ1) is 10.7. The molecule has 1 aliphatic heterocycles. The van der Waals surface area contributed by atoms with Crippen LogP contribution in [-0.4, -0.2) is 42.6 Å². The van der Waals surface area contributed by atoms with Crippen molar-refractivity contribution in [1.29, 1.82) is 0 Å². The summed E-state index contributed by atoms with van der Waals surface area (Å²) in [5.74, 6) is 2.58. The Morgan fingerprint density at radius 1 is 1.00 bits per heavy atom. The van der Waals surface area contributed by atoms with E-state index >= 15 is 0 Å². The molecule has 0 amide bonds. The smallest absolute Gasteiger partial charge is 0.0838 e. The van der Waals surface area contributed by atoms with Crippen LogP contribution in [0.5, 0.6) is 0 Å². The lowest BCUT2D eigenvalue weighted by Gasteiger charge is -2.38. The van der Waals surface area contributed by atoms with Crippen molar-refractivity contribution in [3.8, 4) is 0 Å². The minimum absolute atomic E-state index is 0.652. The number of hydrogen-bond donors (Lipinski definition) is 0. The van der Waals surface area contributed by atoms with Gasteiger partial charge in [0.25, 0.3) is 0 Å². The molecule has 0 N–H and O–H groups in total. The summed E-state index contributed by atoms with van der Waals surface area (Å²) in [6.07, 6.45) is 11.0. The minimum atomic E-state index is 0.652. The topological polar surface area (TPSA) is 19.4 Å². The molecule has 4 rings (SSSR count). The maximum Gasteiger partial charge on any atom is 0.0838 e. The largest absolute Gasteiger partial charge is 0.366 e. The van der Waals surface area contributed by atoms with Gasteiger partial charge in [-0.3, -0.25) is 9.88 Å². The molecule has 1 aromatic heterocycles. The van der Waals surface area contributed by atoms with Crippen molar-refractivity contribution < 1.29 is 0 Å². The molecular weight excluding hydrogens is 317 g/mol. The first-order valence-corrected chi connectivity index (χ1v) is 8.91. The lowest BCUT2D eigenvalue weighted by molar-refractivity contribution is 0.204. The normalized spacial score (nSPS) is 31.2. The summed E-state index contributed by atoms with van der Waals surface area (Å²) in [6.45, 7) is 5.40. The van der Waals surface area contributed by atoms with Crippen LogP contribution in [0.4, 0.5) is 5.69 Å². The van der Waals surface area contributed by atoms with E-state index in [2.05, 4.69) is 26.9 Å². The van der Waals surface area contributed by atoms with Gasteiger partial charge in [-0.2, -0.15) is 0 Å². The number of fused-ring (bicyclic) bond motifs is 2. The van der Waals surface area contributed by atoms with E-state index in [-0.39, 0.29) is 0 Å². The van der Waals surface area contributed by atoms with Crippen molar-refractivity contribution in [2.75, 3.05) is 37.6 Å². The summed E-state index contributed by atoms with van der Waals surface area (Å²) >= 11 is 12.5. The molecule has 2 aliphatic carbocycles. The Labute approximate surface area is 141 Å². The second-order valence-corrected chi connectivity index (χ2v) is 7.59. The number of anilines is 1. The van der Waals surface area contributed by atoms with Crippen LogP contribution in [0.15, 0.2) is 24.5 Å². The molecule has 22 heavy (non-hydrogen) atoms. The summed E-state index contributed by atoms with van der Waals surface area (Å²) in [5.41, 5.74) is 0.945. The molecular formula is C17H21Cl2N3. The third-order valence-corrected chi connectivity index (χ3v) is 5.98. The lowest BCUT2D eigenvalue weighted by atomic mass is 9.93. The number of pyridine rings is 1. The molecule has 1 saturated carbocycles. The molecule has 3 nitrogen and oxygen atoms in total. The Balaban J connectivity index is 1.36. The number of halogens is 2. The molecule has 2 fully saturated rings. The van der Waals surface area contributed by atoms with E-state index in [9.17, 15) is 0 Å². The van der Waals surface area contributed by atoms with Crippen LogP contribution in [0.25, 0.3) is 0 Å². The molecule has 0 aromatic carbocycles. The Morgan fingerprint density at radius 3 is 2.32 bits per heavy atom. The van der Waals surface area contributed by atoms with Crippen LogP contribution >= 0.6 is 23.2 Å². The Kier molecular flexibility index (Phi) is 4.05. The highest BCUT2D eigenvalue weighted by Gasteiger charge is 2.36. The van der Waals surface area contributed by atoms with Crippen molar-refractivity contribution in [2.24, 2.45) is 17.8 Å². The molecule has 5 heteroatoms. The van der Waals surface area contributed by atoms with Crippen molar-refractivity contribution in [1.82, 2.24) is 9.88 Å². The Bertz CT molecular complexity index is 561. The Morgan fingerprint density at radius 2 is 1.73 bits per heavy atom. The highest BCUT2D eigenvalue weighted by molar-refractivity contribution is 6.38. The average Bonchev–Trinajstić information content (AvgIpc) is 3.11. The summed E-state index contributed by atoms with van der Waals surface area (Å²) in [7, 11) is 0. The molecule has 0 radical (unpaired) electrons. The molecule has 0 spiro atoms. The predicted octanol–water partition coefficient (Wildman–Crippen LogP) is 3.72. The summed E-state index contributed by atoms with van der Waals surface area (Å²) in [4.78, 5) is 8.94. The van der Waals surface area contributed by atoms with E-state index in [1.165, 1.54) is 19.4 Å². The van der Waals surface area contributed by atoms with E-state index in [0.29, 0.717) is 10.0 Å². The fourth-order valence-corrected chi connectivity index (χ4v) is 4.90. The maximum absolute atomic E-state index is 6.27. The molecule has 1 saturated heterocycles. The fraction of sp³-hybridized carbons (Fsp3) is 0.588. The van der Waals surface area contributed by atoms with Gasteiger partial charge in [0.2, 0.25) is 0 Å². The zero-order valence-electron chi connectivity index (χ0n) is 12.6. The van der Waals surface area contributed by atoms with Gasteiger partial charge in [-0.1, -0.05) is 35.4 Å². The van der Waals surface area contributed by atoms with Gasteiger partial charge >= 0.3 is 0 Å². The molecule has 1 aromatic rings. The Hall–Kier alpha value is -0.770. The number of allylic oxidation sites excluding steroid dienone is 2. The number of nitrogens with zero attached hydrogens (tertiary/aromatic N) is 3.